The predicted octanol–water partition coefficient (Wildman–Crippen LogP) is 3.01. The maximum atomic E-state index is 13.4. The third-order valence-corrected chi connectivity index (χ3v) is 6.82. The molecule has 0 radical (unpaired) electrons. The SMILES string of the molecule is Cc1ccc(C(C#N)N2CCN(S(=O)(=O)c3ccc(F)c(C)c3)CC2)cc1. The number of nitriles is 1. The van der Waals surface area contributed by atoms with Gasteiger partial charge in [0.2, 0.25) is 10.0 Å². The van der Waals surface area contributed by atoms with E-state index >= 15 is 0 Å². The van der Waals surface area contributed by atoms with Gasteiger partial charge in [-0.3, -0.25) is 4.90 Å². The highest BCUT2D eigenvalue weighted by molar-refractivity contribution is 7.89. The molecular formula is C20H22FN3O2S. The summed E-state index contributed by atoms with van der Waals surface area (Å²) in [6.07, 6.45) is 0. The molecule has 1 aliphatic rings. The second kappa shape index (κ2) is 7.77. The van der Waals surface area contributed by atoms with Crippen molar-refractivity contribution in [3.8, 4) is 6.07 Å². The van der Waals surface area contributed by atoms with E-state index in [0.717, 1.165) is 11.1 Å². The van der Waals surface area contributed by atoms with Gasteiger partial charge in [-0.1, -0.05) is 29.8 Å². The van der Waals surface area contributed by atoms with Crippen LogP contribution in [0.1, 0.15) is 22.7 Å². The molecule has 0 saturated carbocycles. The van der Waals surface area contributed by atoms with Crippen molar-refractivity contribution >= 4 is 10.0 Å². The number of rotatable bonds is 4. The van der Waals surface area contributed by atoms with Gasteiger partial charge >= 0.3 is 0 Å². The molecule has 0 aliphatic carbocycles. The maximum Gasteiger partial charge on any atom is 0.243 e. The van der Waals surface area contributed by atoms with E-state index in [-0.39, 0.29) is 4.90 Å². The Morgan fingerprint density at radius 3 is 2.22 bits per heavy atom. The van der Waals surface area contributed by atoms with Crippen LogP contribution in [0.15, 0.2) is 47.4 Å². The Morgan fingerprint density at radius 2 is 1.67 bits per heavy atom. The Kier molecular flexibility index (Phi) is 5.61. The van der Waals surface area contributed by atoms with Crippen molar-refractivity contribution in [1.82, 2.24) is 9.21 Å². The van der Waals surface area contributed by atoms with Crippen LogP contribution in [0.2, 0.25) is 0 Å². The molecule has 3 rings (SSSR count). The molecule has 142 valence electrons. The number of sulfonamides is 1. The fourth-order valence-corrected chi connectivity index (χ4v) is 4.75. The summed E-state index contributed by atoms with van der Waals surface area (Å²) in [5.74, 6) is -0.422. The molecule has 27 heavy (non-hydrogen) atoms. The molecular weight excluding hydrogens is 365 g/mol. The van der Waals surface area contributed by atoms with Crippen molar-refractivity contribution in [2.45, 2.75) is 24.8 Å². The van der Waals surface area contributed by atoms with Crippen LogP contribution >= 0.6 is 0 Å². The molecule has 1 fully saturated rings. The van der Waals surface area contributed by atoms with Gasteiger partial charge in [0.15, 0.2) is 0 Å². The van der Waals surface area contributed by atoms with E-state index in [2.05, 4.69) is 6.07 Å². The van der Waals surface area contributed by atoms with Crippen molar-refractivity contribution in [2.24, 2.45) is 0 Å². The molecule has 2 aromatic carbocycles. The Hall–Kier alpha value is -2.27. The van der Waals surface area contributed by atoms with Gasteiger partial charge in [-0.25, -0.2) is 12.8 Å². The van der Waals surface area contributed by atoms with Gasteiger partial charge in [-0.2, -0.15) is 9.57 Å². The zero-order valence-electron chi connectivity index (χ0n) is 15.4. The first-order chi connectivity index (χ1) is 12.8. The monoisotopic (exact) mass is 387 g/mol. The van der Waals surface area contributed by atoms with E-state index in [9.17, 15) is 18.1 Å². The molecule has 0 bridgehead atoms. The van der Waals surface area contributed by atoms with E-state index < -0.39 is 21.9 Å². The van der Waals surface area contributed by atoms with Crippen molar-refractivity contribution < 1.29 is 12.8 Å². The molecule has 0 amide bonds. The average Bonchev–Trinajstić information content (AvgIpc) is 2.66. The lowest BCUT2D eigenvalue weighted by atomic mass is 10.0. The smallest absolute Gasteiger partial charge is 0.243 e. The van der Waals surface area contributed by atoms with Crippen LogP contribution in [-0.4, -0.2) is 43.8 Å². The minimum absolute atomic E-state index is 0.102. The quantitative estimate of drug-likeness (QED) is 0.809. The Bertz CT molecular complexity index is 960. The minimum Gasteiger partial charge on any atom is -0.282 e. The first-order valence-corrected chi connectivity index (χ1v) is 10.2. The third kappa shape index (κ3) is 4.03. The van der Waals surface area contributed by atoms with Gasteiger partial charge in [0.05, 0.1) is 11.0 Å². The van der Waals surface area contributed by atoms with Crippen LogP contribution in [0.5, 0.6) is 0 Å². The molecule has 1 aliphatic heterocycles. The summed E-state index contributed by atoms with van der Waals surface area (Å²) in [5.41, 5.74) is 2.34. The van der Waals surface area contributed by atoms with Crippen LogP contribution in [-0.2, 0) is 10.0 Å². The summed E-state index contributed by atoms with van der Waals surface area (Å²) in [5, 5.41) is 9.60. The van der Waals surface area contributed by atoms with Crippen molar-refractivity contribution in [3.05, 3.63) is 65.0 Å². The van der Waals surface area contributed by atoms with Crippen LogP contribution < -0.4 is 0 Å². The van der Waals surface area contributed by atoms with Gasteiger partial charge in [0, 0.05) is 26.2 Å². The summed E-state index contributed by atoms with van der Waals surface area (Å²) in [7, 11) is -3.67. The number of hydrogen-bond acceptors (Lipinski definition) is 4. The van der Waals surface area contributed by atoms with E-state index in [1.165, 1.54) is 22.5 Å². The fraction of sp³-hybridized carbons (Fsp3) is 0.350. The normalized spacial score (nSPS) is 17.4. The zero-order chi connectivity index (χ0) is 19.6. The van der Waals surface area contributed by atoms with Crippen molar-refractivity contribution in [2.75, 3.05) is 26.2 Å². The molecule has 1 atom stereocenters. The number of halogens is 1. The lowest BCUT2D eigenvalue weighted by Gasteiger charge is -2.36. The molecule has 5 nitrogen and oxygen atoms in total. The first-order valence-electron chi connectivity index (χ1n) is 8.79. The zero-order valence-corrected chi connectivity index (χ0v) is 16.2. The van der Waals surface area contributed by atoms with Gasteiger partial charge < -0.3 is 0 Å². The van der Waals surface area contributed by atoms with E-state index in [0.29, 0.717) is 31.7 Å². The van der Waals surface area contributed by atoms with Crippen LogP contribution in [0.25, 0.3) is 0 Å². The fourth-order valence-electron chi connectivity index (χ4n) is 3.24. The highest BCUT2D eigenvalue weighted by Gasteiger charge is 2.31. The second-order valence-corrected chi connectivity index (χ2v) is 8.73. The molecule has 2 aromatic rings. The Morgan fingerprint density at radius 1 is 1.04 bits per heavy atom. The van der Waals surface area contributed by atoms with Gasteiger partial charge in [-0.05, 0) is 43.2 Å². The van der Waals surface area contributed by atoms with Gasteiger partial charge in [-0.15, -0.1) is 0 Å². The number of nitrogens with zero attached hydrogens (tertiary/aromatic N) is 3. The molecule has 0 spiro atoms. The topological polar surface area (TPSA) is 64.4 Å². The molecule has 0 N–H and O–H groups in total. The summed E-state index contributed by atoms with van der Waals surface area (Å²) < 4.78 is 40.5. The predicted molar refractivity (Wildman–Crippen MR) is 101 cm³/mol. The van der Waals surface area contributed by atoms with Crippen LogP contribution in [0.4, 0.5) is 4.39 Å². The maximum absolute atomic E-state index is 13.4. The van der Waals surface area contributed by atoms with E-state index in [1.807, 2.05) is 36.1 Å². The van der Waals surface area contributed by atoms with Crippen molar-refractivity contribution in [3.63, 3.8) is 0 Å². The largest absolute Gasteiger partial charge is 0.282 e. The summed E-state index contributed by atoms with van der Waals surface area (Å²) >= 11 is 0. The Labute approximate surface area is 159 Å². The van der Waals surface area contributed by atoms with Crippen molar-refractivity contribution in [1.29, 1.82) is 5.26 Å². The molecule has 1 saturated heterocycles. The summed E-state index contributed by atoms with van der Waals surface area (Å²) in [6.45, 7) is 5.06. The first kappa shape index (κ1) is 19.5. The van der Waals surface area contributed by atoms with Gasteiger partial charge in [0.1, 0.15) is 11.9 Å². The highest BCUT2D eigenvalue weighted by atomic mass is 32.2. The Balaban J connectivity index is 1.73. The third-order valence-electron chi connectivity index (χ3n) is 4.92. The lowest BCUT2D eigenvalue weighted by molar-refractivity contribution is 0.162. The number of hydrogen-bond donors (Lipinski definition) is 0. The molecule has 1 unspecified atom stereocenters. The molecule has 0 aromatic heterocycles. The highest BCUT2D eigenvalue weighted by Crippen LogP contribution is 2.25. The average molecular weight is 387 g/mol. The lowest BCUT2D eigenvalue weighted by Crippen LogP contribution is -2.49. The summed E-state index contributed by atoms with van der Waals surface area (Å²) in [4.78, 5) is 2.09. The van der Waals surface area contributed by atoms with Gasteiger partial charge in [0.25, 0.3) is 0 Å². The van der Waals surface area contributed by atoms with E-state index in [4.69, 9.17) is 0 Å². The standard InChI is InChI=1S/C20H22FN3O2S/c1-15-3-5-17(6-4-15)20(14-22)23-9-11-24(12-10-23)27(25,26)18-7-8-19(21)16(2)13-18/h3-8,13,20H,9-12H2,1-2H3. The van der Waals surface area contributed by atoms with E-state index in [1.54, 1.807) is 6.92 Å². The number of aryl methyl sites for hydroxylation is 2. The summed E-state index contributed by atoms with van der Waals surface area (Å²) in [6, 6.07) is 13.6. The minimum atomic E-state index is -3.67. The molecule has 7 heteroatoms. The molecule has 1 heterocycles. The number of piperazine rings is 1. The van der Waals surface area contributed by atoms with Crippen LogP contribution in [0.3, 0.4) is 0 Å². The second-order valence-electron chi connectivity index (χ2n) is 6.79. The number of benzene rings is 2. The van der Waals surface area contributed by atoms with Crippen LogP contribution in [0, 0.1) is 31.0 Å².